The van der Waals surface area contributed by atoms with Gasteiger partial charge in [-0.05, 0) is 29.3 Å². The fourth-order valence-electron chi connectivity index (χ4n) is 1.46. The van der Waals surface area contributed by atoms with Gasteiger partial charge in [-0.2, -0.15) is 11.3 Å². The Morgan fingerprint density at radius 1 is 1.57 bits per heavy atom. The van der Waals surface area contributed by atoms with E-state index in [1.54, 1.807) is 22.7 Å². The predicted molar refractivity (Wildman–Crippen MR) is 60.1 cm³/mol. The largest absolute Gasteiger partial charge is 0.395 e. The van der Waals surface area contributed by atoms with Crippen molar-refractivity contribution in [3.05, 3.63) is 38.5 Å². The van der Waals surface area contributed by atoms with Crippen molar-refractivity contribution in [2.75, 3.05) is 6.61 Å². The van der Waals surface area contributed by atoms with Crippen molar-refractivity contribution in [1.29, 1.82) is 0 Å². The lowest BCUT2D eigenvalue weighted by Crippen LogP contribution is -2.04. The summed E-state index contributed by atoms with van der Waals surface area (Å²) >= 11 is 3.27. The smallest absolute Gasteiger partial charge is 0.0797 e. The van der Waals surface area contributed by atoms with Crippen molar-refractivity contribution in [2.45, 2.75) is 12.8 Å². The van der Waals surface area contributed by atoms with Gasteiger partial charge in [0.2, 0.25) is 0 Å². The first-order valence-electron chi connectivity index (χ1n) is 4.36. The molecule has 0 fully saturated rings. The van der Waals surface area contributed by atoms with E-state index in [2.05, 4.69) is 16.4 Å². The minimum atomic E-state index is 0.105. The number of aromatic nitrogens is 1. The molecule has 1 N–H and O–H groups in total. The van der Waals surface area contributed by atoms with E-state index in [-0.39, 0.29) is 12.5 Å². The SMILES string of the molecule is Cc1ncsc1C(CO)c1ccsc1. The highest BCUT2D eigenvalue weighted by atomic mass is 32.1. The molecule has 0 bridgehead atoms. The summed E-state index contributed by atoms with van der Waals surface area (Å²) in [5.41, 5.74) is 4.05. The highest BCUT2D eigenvalue weighted by Gasteiger charge is 2.17. The summed E-state index contributed by atoms with van der Waals surface area (Å²) in [5.74, 6) is 0.105. The van der Waals surface area contributed by atoms with Crippen LogP contribution in [0.15, 0.2) is 22.3 Å². The Morgan fingerprint density at radius 3 is 2.93 bits per heavy atom. The van der Waals surface area contributed by atoms with Gasteiger partial charge in [0.1, 0.15) is 0 Å². The van der Waals surface area contributed by atoms with Gasteiger partial charge in [0.15, 0.2) is 0 Å². The van der Waals surface area contributed by atoms with E-state index in [1.807, 2.05) is 17.8 Å². The molecule has 0 saturated carbocycles. The molecule has 0 spiro atoms. The standard InChI is InChI=1S/C10H11NOS2/c1-7-10(14-6-11-7)9(4-12)8-2-3-13-5-8/h2-3,5-6,9,12H,4H2,1H3. The summed E-state index contributed by atoms with van der Waals surface area (Å²) in [7, 11) is 0. The molecule has 2 aromatic rings. The molecule has 4 heteroatoms. The normalized spacial score (nSPS) is 13.0. The topological polar surface area (TPSA) is 33.1 Å². The van der Waals surface area contributed by atoms with E-state index in [0.717, 1.165) is 5.69 Å². The number of hydrogen-bond acceptors (Lipinski definition) is 4. The van der Waals surface area contributed by atoms with Crippen LogP contribution in [0.25, 0.3) is 0 Å². The molecule has 1 atom stereocenters. The summed E-state index contributed by atoms with van der Waals surface area (Å²) < 4.78 is 0. The fourth-order valence-corrected chi connectivity index (χ4v) is 3.10. The number of nitrogens with zero attached hydrogens (tertiary/aromatic N) is 1. The molecule has 0 aliphatic heterocycles. The quantitative estimate of drug-likeness (QED) is 0.871. The maximum atomic E-state index is 9.38. The monoisotopic (exact) mass is 225 g/mol. The Kier molecular flexibility index (Phi) is 2.96. The molecular formula is C10H11NOS2. The first-order valence-corrected chi connectivity index (χ1v) is 6.18. The van der Waals surface area contributed by atoms with Crippen LogP contribution in [0, 0.1) is 6.92 Å². The third-order valence-corrected chi connectivity index (χ3v) is 3.97. The van der Waals surface area contributed by atoms with Gasteiger partial charge in [-0.3, -0.25) is 0 Å². The van der Waals surface area contributed by atoms with Crippen molar-refractivity contribution in [3.8, 4) is 0 Å². The highest BCUT2D eigenvalue weighted by molar-refractivity contribution is 7.10. The zero-order chi connectivity index (χ0) is 9.97. The van der Waals surface area contributed by atoms with Crippen LogP contribution >= 0.6 is 22.7 Å². The summed E-state index contributed by atoms with van der Waals surface area (Å²) in [5, 5.41) is 13.5. The Bertz CT molecular complexity index is 394. The van der Waals surface area contributed by atoms with Crippen LogP contribution in [0.5, 0.6) is 0 Å². The molecule has 0 amide bonds. The number of thiazole rings is 1. The highest BCUT2D eigenvalue weighted by Crippen LogP contribution is 2.30. The van der Waals surface area contributed by atoms with Gasteiger partial charge < -0.3 is 5.11 Å². The Hall–Kier alpha value is -0.710. The lowest BCUT2D eigenvalue weighted by molar-refractivity contribution is 0.282. The van der Waals surface area contributed by atoms with Crippen LogP contribution in [-0.4, -0.2) is 16.7 Å². The molecule has 2 heterocycles. The molecular weight excluding hydrogens is 214 g/mol. The van der Waals surface area contributed by atoms with Crippen LogP contribution in [0.2, 0.25) is 0 Å². The lowest BCUT2D eigenvalue weighted by Gasteiger charge is -2.10. The number of aliphatic hydroxyl groups excluding tert-OH is 1. The third kappa shape index (κ3) is 1.73. The van der Waals surface area contributed by atoms with Crippen molar-refractivity contribution in [3.63, 3.8) is 0 Å². The molecule has 74 valence electrons. The van der Waals surface area contributed by atoms with Crippen LogP contribution < -0.4 is 0 Å². The van der Waals surface area contributed by atoms with Crippen LogP contribution in [0.1, 0.15) is 22.1 Å². The maximum Gasteiger partial charge on any atom is 0.0797 e. The molecule has 1 unspecified atom stereocenters. The van der Waals surface area contributed by atoms with E-state index in [9.17, 15) is 5.11 Å². The molecule has 0 radical (unpaired) electrons. The van der Waals surface area contributed by atoms with E-state index in [1.165, 1.54) is 10.4 Å². The number of aryl methyl sites for hydroxylation is 1. The predicted octanol–water partition coefficient (Wildman–Crippen LogP) is 2.64. The Morgan fingerprint density at radius 2 is 2.43 bits per heavy atom. The van der Waals surface area contributed by atoms with E-state index in [4.69, 9.17) is 0 Å². The number of hydrogen-bond donors (Lipinski definition) is 1. The lowest BCUT2D eigenvalue weighted by atomic mass is 10.0. The molecule has 14 heavy (non-hydrogen) atoms. The van der Waals surface area contributed by atoms with Crippen LogP contribution in [0.3, 0.4) is 0 Å². The molecule has 2 nitrogen and oxygen atoms in total. The average Bonchev–Trinajstić information content (AvgIpc) is 2.80. The first-order chi connectivity index (χ1) is 6.83. The fraction of sp³-hybridized carbons (Fsp3) is 0.300. The summed E-state index contributed by atoms with van der Waals surface area (Å²) in [6, 6.07) is 2.06. The Balaban J connectivity index is 2.36. The van der Waals surface area contributed by atoms with Crippen molar-refractivity contribution >= 4 is 22.7 Å². The van der Waals surface area contributed by atoms with Gasteiger partial charge in [0.05, 0.1) is 17.8 Å². The molecule has 2 aromatic heterocycles. The average molecular weight is 225 g/mol. The van der Waals surface area contributed by atoms with E-state index >= 15 is 0 Å². The minimum absolute atomic E-state index is 0.105. The zero-order valence-electron chi connectivity index (χ0n) is 7.80. The molecule has 0 aliphatic carbocycles. The molecule has 0 aliphatic rings. The van der Waals surface area contributed by atoms with Gasteiger partial charge in [0, 0.05) is 10.8 Å². The second-order valence-corrected chi connectivity index (χ2v) is 4.76. The van der Waals surface area contributed by atoms with Gasteiger partial charge in [-0.1, -0.05) is 0 Å². The Labute approximate surface area is 90.9 Å². The van der Waals surface area contributed by atoms with Gasteiger partial charge in [0.25, 0.3) is 0 Å². The second kappa shape index (κ2) is 4.21. The number of rotatable bonds is 3. The number of aliphatic hydroxyl groups is 1. The van der Waals surface area contributed by atoms with Gasteiger partial charge in [-0.15, -0.1) is 11.3 Å². The van der Waals surface area contributed by atoms with E-state index < -0.39 is 0 Å². The van der Waals surface area contributed by atoms with Crippen LogP contribution in [-0.2, 0) is 0 Å². The maximum absolute atomic E-state index is 9.38. The summed E-state index contributed by atoms with van der Waals surface area (Å²) in [6.45, 7) is 2.14. The molecule has 0 aromatic carbocycles. The second-order valence-electron chi connectivity index (χ2n) is 3.09. The van der Waals surface area contributed by atoms with E-state index in [0.29, 0.717) is 0 Å². The first kappa shape index (κ1) is 9.83. The van der Waals surface area contributed by atoms with Gasteiger partial charge in [-0.25, -0.2) is 4.98 Å². The van der Waals surface area contributed by atoms with Crippen molar-refractivity contribution in [2.24, 2.45) is 0 Å². The zero-order valence-corrected chi connectivity index (χ0v) is 9.44. The summed E-state index contributed by atoms with van der Waals surface area (Å²) in [4.78, 5) is 5.38. The van der Waals surface area contributed by atoms with Crippen molar-refractivity contribution in [1.82, 2.24) is 4.98 Å². The third-order valence-electron chi connectivity index (χ3n) is 2.23. The molecule has 2 rings (SSSR count). The summed E-state index contributed by atoms with van der Waals surface area (Å²) in [6.07, 6.45) is 0. The van der Waals surface area contributed by atoms with Crippen molar-refractivity contribution < 1.29 is 5.11 Å². The molecule has 0 saturated heterocycles. The minimum Gasteiger partial charge on any atom is -0.395 e. The van der Waals surface area contributed by atoms with Gasteiger partial charge >= 0.3 is 0 Å². The number of thiophene rings is 1. The van der Waals surface area contributed by atoms with Crippen LogP contribution in [0.4, 0.5) is 0 Å².